The zero-order chi connectivity index (χ0) is 44.6. The van der Waals surface area contributed by atoms with Crippen LogP contribution in [-0.2, 0) is 28.5 Å². The van der Waals surface area contributed by atoms with E-state index < -0.39 is 139 Å². The van der Waals surface area contributed by atoms with E-state index in [1.807, 2.05) is 0 Å². The fraction of sp³-hybridized carbons (Fsp3) is 0.415. The third kappa shape index (κ3) is 9.12. The minimum Gasteiger partial charge on any atom is -0.508 e. The van der Waals surface area contributed by atoms with E-state index in [4.69, 9.17) is 32.8 Å². The highest BCUT2D eigenvalue weighted by Gasteiger charge is 2.52. The Balaban J connectivity index is 1.28. The van der Waals surface area contributed by atoms with Crippen LogP contribution in [0.4, 0.5) is 0 Å². The summed E-state index contributed by atoms with van der Waals surface area (Å²) in [6, 6.07) is 13.4. The number of hydrogen-bond donors (Lipinski definition) is 12. The van der Waals surface area contributed by atoms with Crippen LogP contribution >= 0.6 is 0 Å². The number of fused-ring (bicyclic) bond motifs is 1. The number of benzene rings is 3. The second-order valence-electron chi connectivity index (χ2n) is 14.8. The van der Waals surface area contributed by atoms with Gasteiger partial charge in [-0.25, -0.2) is 4.79 Å². The SMILES string of the molecule is O=C(/C=C/c1ccc(O)cc1)OC[C@H]1O[C@@H](Oc2cc3oc(-c4ccc(O)cc4)cc(=O)c3c(O)c2[C@@H]2O[C@H](CO)[C@H](O)[C@H](O)[C@H]2O[C@@H]2OC[C@@H](O)[C@H](O)[C@H]2O)[C@H](O)[C@@H](O)[C@@H]1O. The second-order valence-corrected chi connectivity index (χ2v) is 14.8. The van der Waals surface area contributed by atoms with E-state index in [1.165, 1.54) is 54.6 Å². The van der Waals surface area contributed by atoms with Crippen LogP contribution in [0.15, 0.2) is 76.0 Å². The number of ether oxygens (including phenoxy) is 6. The number of aliphatic hydroxyl groups is 9. The summed E-state index contributed by atoms with van der Waals surface area (Å²) < 4.78 is 40.2. The summed E-state index contributed by atoms with van der Waals surface area (Å²) in [7, 11) is 0. The van der Waals surface area contributed by atoms with Crippen molar-refractivity contribution in [3.63, 3.8) is 0 Å². The molecular formula is C41H44O21. The Kier molecular flexibility index (Phi) is 13.5. The van der Waals surface area contributed by atoms with Crippen molar-refractivity contribution in [2.75, 3.05) is 19.8 Å². The molecule has 0 aliphatic carbocycles. The van der Waals surface area contributed by atoms with E-state index in [2.05, 4.69) is 0 Å². The number of rotatable bonds is 11. The van der Waals surface area contributed by atoms with E-state index in [0.29, 0.717) is 11.1 Å². The maximum Gasteiger partial charge on any atom is 0.330 e. The largest absolute Gasteiger partial charge is 0.508 e. The normalized spacial score (nSPS) is 32.8. The van der Waals surface area contributed by atoms with Crippen molar-refractivity contribution in [2.24, 2.45) is 0 Å². The first-order chi connectivity index (χ1) is 29.6. The molecule has 0 saturated carbocycles. The molecule has 4 aromatic rings. The topological polar surface area (TPSA) is 345 Å². The quantitative estimate of drug-likeness (QED) is 0.0573. The summed E-state index contributed by atoms with van der Waals surface area (Å²) in [5, 5.41) is 127. The Bertz CT molecular complexity index is 2280. The Morgan fingerprint density at radius 3 is 2.06 bits per heavy atom. The standard InChI is InChI=1S/C41H44O21/c42-13-25-31(49)35(53)39(62-40-36(54)30(48)21(46)14-57-40)38(59-25)29-24(12-23-28(33(29)51)20(45)11-22(58-23)17-4-8-19(44)9-5-17)60-41-37(55)34(52)32(50)26(61-41)15-56-27(47)10-3-16-1-6-18(43)7-2-16/h1-12,21,25-26,30-32,34-44,46,48-55H,13-15H2/b10-3+/t21-,25-,26-,30+,31+,32-,34+,35+,36-,37-,38+,39-,40+,41-/m1/s1. The van der Waals surface area contributed by atoms with Gasteiger partial charge in [0.25, 0.3) is 0 Å². The van der Waals surface area contributed by atoms with Gasteiger partial charge in [0.05, 0.1) is 18.8 Å². The third-order valence-electron chi connectivity index (χ3n) is 10.6. The van der Waals surface area contributed by atoms with Crippen LogP contribution in [0.2, 0.25) is 0 Å². The zero-order valence-electron chi connectivity index (χ0n) is 32.2. The Morgan fingerprint density at radius 2 is 1.39 bits per heavy atom. The summed E-state index contributed by atoms with van der Waals surface area (Å²) in [6.45, 7) is -2.20. The van der Waals surface area contributed by atoms with E-state index in [0.717, 1.165) is 18.2 Å². The molecule has 21 heteroatoms. The number of aliphatic hydroxyl groups excluding tert-OH is 9. The van der Waals surface area contributed by atoms with Crippen molar-refractivity contribution in [3.8, 4) is 34.3 Å². The van der Waals surface area contributed by atoms with Gasteiger partial charge in [0.2, 0.25) is 6.29 Å². The van der Waals surface area contributed by atoms with Crippen molar-refractivity contribution in [2.45, 2.75) is 85.8 Å². The molecule has 12 N–H and O–H groups in total. The van der Waals surface area contributed by atoms with Crippen LogP contribution in [0.1, 0.15) is 17.2 Å². The first kappa shape index (κ1) is 44.8. The molecule has 3 aliphatic heterocycles. The lowest BCUT2D eigenvalue weighted by Crippen LogP contribution is -2.61. The fourth-order valence-corrected chi connectivity index (χ4v) is 7.20. The van der Waals surface area contributed by atoms with Crippen LogP contribution < -0.4 is 10.2 Å². The van der Waals surface area contributed by atoms with Crippen molar-refractivity contribution < 1.29 is 98.9 Å². The first-order valence-electron chi connectivity index (χ1n) is 19.1. The summed E-state index contributed by atoms with van der Waals surface area (Å²) in [4.78, 5) is 26.4. The molecule has 14 atom stereocenters. The van der Waals surface area contributed by atoms with Gasteiger partial charge in [-0.2, -0.15) is 0 Å². The van der Waals surface area contributed by atoms with Crippen LogP contribution in [0, 0.1) is 0 Å². The lowest BCUT2D eigenvalue weighted by molar-refractivity contribution is -0.325. The molecule has 0 spiro atoms. The Morgan fingerprint density at radius 1 is 0.742 bits per heavy atom. The summed E-state index contributed by atoms with van der Waals surface area (Å²) in [6.07, 6.45) is -23.6. The van der Waals surface area contributed by atoms with Gasteiger partial charge in [-0.1, -0.05) is 12.1 Å². The lowest BCUT2D eigenvalue weighted by Gasteiger charge is -2.45. The molecule has 7 rings (SSSR count). The van der Waals surface area contributed by atoms with E-state index in [-0.39, 0.29) is 22.8 Å². The highest BCUT2D eigenvalue weighted by atomic mass is 16.7. The number of carbonyl (C=O) groups excluding carboxylic acids is 1. The van der Waals surface area contributed by atoms with Crippen LogP contribution in [0.5, 0.6) is 23.0 Å². The number of aromatic hydroxyl groups is 3. The van der Waals surface area contributed by atoms with Gasteiger partial charge in [0.1, 0.15) is 120 Å². The number of carbonyl (C=O) groups is 1. The molecule has 3 aromatic carbocycles. The molecule has 62 heavy (non-hydrogen) atoms. The fourth-order valence-electron chi connectivity index (χ4n) is 7.20. The lowest BCUT2D eigenvalue weighted by atomic mass is 9.89. The minimum atomic E-state index is -2.08. The Hall–Kier alpha value is -5.24. The van der Waals surface area contributed by atoms with E-state index in [1.54, 1.807) is 0 Å². The average molecular weight is 873 g/mol. The van der Waals surface area contributed by atoms with Crippen molar-refractivity contribution in [3.05, 3.63) is 88.1 Å². The van der Waals surface area contributed by atoms with Gasteiger partial charge in [0.15, 0.2) is 11.7 Å². The number of esters is 1. The number of phenolic OH excluding ortho intramolecular Hbond substituents is 3. The van der Waals surface area contributed by atoms with Gasteiger partial charge in [-0.05, 0) is 48.0 Å². The molecule has 3 saturated heterocycles. The second kappa shape index (κ2) is 18.6. The van der Waals surface area contributed by atoms with Crippen molar-refractivity contribution in [1.29, 1.82) is 0 Å². The van der Waals surface area contributed by atoms with Crippen LogP contribution in [0.25, 0.3) is 28.4 Å². The maximum absolute atomic E-state index is 13.8. The molecule has 0 bridgehead atoms. The molecule has 0 radical (unpaired) electrons. The van der Waals surface area contributed by atoms with E-state index >= 15 is 0 Å². The molecule has 3 fully saturated rings. The van der Waals surface area contributed by atoms with Crippen molar-refractivity contribution >= 4 is 23.0 Å². The third-order valence-corrected chi connectivity index (χ3v) is 10.6. The molecule has 0 amide bonds. The predicted octanol–water partition coefficient (Wildman–Crippen LogP) is -2.00. The average Bonchev–Trinajstić information content (AvgIpc) is 3.25. The van der Waals surface area contributed by atoms with Gasteiger partial charge in [0, 0.05) is 23.8 Å². The van der Waals surface area contributed by atoms with Crippen LogP contribution in [0.3, 0.4) is 0 Å². The molecule has 4 heterocycles. The molecule has 334 valence electrons. The van der Waals surface area contributed by atoms with Crippen LogP contribution in [-0.4, -0.2) is 167 Å². The highest BCUT2D eigenvalue weighted by molar-refractivity contribution is 5.88. The van der Waals surface area contributed by atoms with Gasteiger partial charge < -0.3 is 94.1 Å². The molecule has 0 unspecified atom stereocenters. The predicted molar refractivity (Wildman–Crippen MR) is 206 cm³/mol. The summed E-state index contributed by atoms with van der Waals surface area (Å²) in [5.41, 5.74) is -0.978. The first-order valence-corrected chi connectivity index (χ1v) is 19.1. The zero-order valence-corrected chi connectivity index (χ0v) is 32.2. The maximum atomic E-state index is 13.8. The highest BCUT2D eigenvalue weighted by Crippen LogP contribution is 2.47. The number of hydrogen-bond acceptors (Lipinski definition) is 21. The molecule has 3 aliphatic rings. The number of phenols is 3. The molecular weight excluding hydrogens is 828 g/mol. The molecule has 1 aromatic heterocycles. The van der Waals surface area contributed by atoms with Crippen molar-refractivity contribution in [1.82, 2.24) is 0 Å². The molecule has 21 nitrogen and oxygen atoms in total. The minimum absolute atomic E-state index is 0.00129. The smallest absolute Gasteiger partial charge is 0.330 e. The summed E-state index contributed by atoms with van der Waals surface area (Å²) >= 11 is 0. The van der Waals surface area contributed by atoms with E-state index in [9.17, 15) is 70.9 Å². The Labute approximate surface area is 349 Å². The van der Waals surface area contributed by atoms with Gasteiger partial charge in [-0.15, -0.1) is 0 Å². The van der Waals surface area contributed by atoms with Gasteiger partial charge >= 0.3 is 5.97 Å². The summed E-state index contributed by atoms with van der Waals surface area (Å²) in [5.74, 6) is -2.61. The monoisotopic (exact) mass is 872 g/mol. The van der Waals surface area contributed by atoms with Gasteiger partial charge in [-0.3, -0.25) is 4.79 Å².